The molecule has 0 saturated heterocycles. The Balaban J connectivity index is 2.28. The summed E-state index contributed by atoms with van der Waals surface area (Å²) in [4.78, 5) is 0. The van der Waals surface area contributed by atoms with Gasteiger partial charge in [-0.15, -0.1) is 5.73 Å². The van der Waals surface area contributed by atoms with Gasteiger partial charge in [-0.25, -0.2) is 0 Å². The van der Waals surface area contributed by atoms with E-state index in [1.807, 2.05) is 24.3 Å². The van der Waals surface area contributed by atoms with E-state index in [0.29, 0.717) is 0 Å². The molecule has 2 rings (SSSR count). The summed E-state index contributed by atoms with van der Waals surface area (Å²) in [5.41, 5.74) is 8.24. The summed E-state index contributed by atoms with van der Waals surface area (Å²) in [7, 11) is 0. The zero-order valence-electron chi connectivity index (χ0n) is 10.3. The molecule has 0 N–H and O–H groups in total. The monoisotopic (exact) mass is 220 g/mol. The van der Waals surface area contributed by atoms with Crippen molar-refractivity contribution in [1.82, 2.24) is 0 Å². The van der Waals surface area contributed by atoms with Gasteiger partial charge in [0.15, 0.2) is 0 Å². The number of aryl methyl sites for hydroxylation is 2. The number of benzene rings is 2. The lowest BCUT2D eigenvalue weighted by Crippen LogP contribution is -1.78. The predicted molar refractivity (Wildman–Crippen MR) is 74.8 cm³/mol. The van der Waals surface area contributed by atoms with Crippen molar-refractivity contribution in [3.8, 4) is 0 Å². The average molecular weight is 220 g/mol. The fourth-order valence-corrected chi connectivity index (χ4v) is 1.72. The van der Waals surface area contributed by atoms with Crippen LogP contribution in [0.15, 0.2) is 54.3 Å². The second-order valence-electron chi connectivity index (χ2n) is 4.17. The van der Waals surface area contributed by atoms with Crippen LogP contribution in [0.25, 0.3) is 12.2 Å². The van der Waals surface area contributed by atoms with E-state index in [4.69, 9.17) is 0 Å². The highest BCUT2D eigenvalue weighted by molar-refractivity contribution is 5.60. The summed E-state index contributed by atoms with van der Waals surface area (Å²) in [6, 6.07) is 16.6. The van der Waals surface area contributed by atoms with Gasteiger partial charge in [-0.2, -0.15) is 0 Å². The lowest BCUT2D eigenvalue weighted by atomic mass is 10.1. The van der Waals surface area contributed by atoms with Crippen LogP contribution in [0.3, 0.4) is 0 Å². The minimum absolute atomic E-state index is 1.22. The lowest BCUT2D eigenvalue weighted by Gasteiger charge is -1.97. The largest absolute Gasteiger partial charge is 0.120 e. The van der Waals surface area contributed by atoms with Crippen LogP contribution < -0.4 is 0 Å². The highest BCUT2D eigenvalue weighted by atomic mass is 14.0. The Morgan fingerprint density at radius 2 is 1.12 bits per heavy atom. The Kier molecular flexibility index (Phi) is 3.59. The molecule has 0 bridgehead atoms. The van der Waals surface area contributed by atoms with Crippen LogP contribution in [0.4, 0.5) is 0 Å². The molecule has 0 unspecified atom stereocenters. The third kappa shape index (κ3) is 2.96. The third-order valence-electron chi connectivity index (χ3n) is 2.85. The molecule has 0 aromatic heterocycles. The summed E-state index contributed by atoms with van der Waals surface area (Å²) < 4.78 is 0. The van der Waals surface area contributed by atoms with Gasteiger partial charge in [0.25, 0.3) is 0 Å². The zero-order chi connectivity index (χ0) is 12.1. The second kappa shape index (κ2) is 5.34. The molecule has 0 fully saturated rings. The maximum atomic E-state index is 3.25. The molecule has 0 saturated carbocycles. The SMILES string of the molecule is Cc1ccccc1C=C=Cc1ccccc1C. The molecule has 0 aliphatic rings. The van der Waals surface area contributed by atoms with Crippen LogP contribution in [-0.2, 0) is 0 Å². The highest BCUT2D eigenvalue weighted by Gasteiger charge is 1.91. The van der Waals surface area contributed by atoms with Gasteiger partial charge in [0.05, 0.1) is 0 Å². The molecule has 0 radical (unpaired) electrons. The number of rotatable bonds is 2. The molecular weight excluding hydrogens is 204 g/mol. The van der Waals surface area contributed by atoms with E-state index in [9.17, 15) is 0 Å². The van der Waals surface area contributed by atoms with Gasteiger partial charge in [0, 0.05) is 0 Å². The summed E-state index contributed by atoms with van der Waals surface area (Å²) in [5, 5.41) is 0. The molecule has 0 spiro atoms. The summed E-state index contributed by atoms with van der Waals surface area (Å²) in [6.07, 6.45) is 4.06. The van der Waals surface area contributed by atoms with Crippen LogP contribution in [0, 0.1) is 13.8 Å². The first-order chi connectivity index (χ1) is 8.27. The van der Waals surface area contributed by atoms with E-state index in [-0.39, 0.29) is 0 Å². The normalized spacial score (nSPS) is 9.53. The van der Waals surface area contributed by atoms with Gasteiger partial charge in [-0.05, 0) is 48.3 Å². The summed E-state index contributed by atoms with van der Waals surface area (Å²) in [5.74, 6) is 0. The van der Waals surface area contributed by atoms with Crippen LogP contribution in [-0.4, -0.2) is 0 Å². The predicted octanol–water partition coefficient (Wildman–Crippen LogP) is 4.63. The minimum atomic E-state index is 1.22. The fraction of sp³-hybridized carbons (Fsp3) is 0.118. The minimum Gasteiger partial charge on any atom is -0.120 e. The molecule has 2 aromatic carbocycles. The molecule has 0 heteroatoms. The van der Waals surface area contributed by atoms with Gasteiger partial charge in [0.1, 0.15) is 0 Å². The summed E-state index contributed by atoms with van der Waals surface area (Å²) in [6.45, 7) is 4.22. The molecule has 0 atom stereocenters. The van der Waals surface area contributed by atoms with E-state index < -0.39 is 0 Å². The van der Waals surface area contributed by atoms with E-state index >= 15 is 0 Å². The van der Waals surface area contributed by atoms with E-state index in [1.54, 1.807) is 0 Å². The van der Waals surface area contributed by atoms with Gasteiger partial charge in [-0.1, -0.05) is 48.5 Å². The van der Waals surface area contributed by atoms with Crippen molar-refractivity contribution in [3.63, 3.8) is 0 Å². The lowest BCUT2D eigenvalue weighted by molar-refractivity contribution is 1.44. The maximum Gasteiger partial charge on any atom is -0.0124 e. The van der Waals surface area contributed by atoms with Crippen LogP contribution in [0.2, 0.25) is 0 Å². The van der Waals surface area contributed by atoms with Crippen molar-refractivity contribution in [1.29, 1.82) is 0 Å². The van der Waals surface area contributed by atoms with Gasteiger partial charge < -0.3 is 0 Å². The molecule has 17 heavy (non-hydrogen) atoms. The Labute approximate surface area is 103 Å². The van der Waals surface area contributed by atoms with Crippen molar-refractivity contribution < 1.29 is 0 Å². The summed E-state index contributed by atoms with van der Waals surface area (Å²) >= 11 is 0. The number of hydrogen-bond donors (Lipinski definition) is 0. The van der Waals surface area contributed by atoms with Gasteiger partial charge in [0.2, 0.25) is 0 Å². The Morgan fingerprint density at radius 1 is 0.706 bits per heavy atom. The van der Waals surface area contributed by atoms with Crippen LogP contribution in [0.1, 0.15) is 22.3 Å². The first-order valence-corrected chi connectivity index (χ1v) is 5.81. The third-order valence-corrected chi connectivity index (χ3v) is 2.85. The highest BCUT2D eigenvalue weighted by Crippen LogP contribution is 2.10. The Morgan fingerprint density at radius 3 is 1.53 bits per heavy atom. The molecule has 0 nitrogen and oxygen atoms in total. The Bertz CT molecular complexity index is 521. The average Bonchev–Trinajstić information content (AvgIpc) is 2.34. The molecule has 0 amide bonds. The fourth-order valence-electron chi connectivity index (χ4n) is 1.72. The molecule has 2 aromatic rings. The van der Waals surface area contributed by atoms with E-state index in [1.165, 1.54) is 22.3 Å². The van der Waals surface area contributed by atoms with Crippen molar-refractivity contribution in [2.45, 2.75) is 13.8 Å². The van der Waals surface area contributed by atoms with Gasteiger partial charge >= 0.3 is 0 Å². The maximum absolute atomic E-state index is 3.25. The standard InChI is InChI=1S/C17H16/c1-14-8-3-5-10-16(14)12-7-13-17-11-6-4-9-15(17)2/h3-6,8-13H,1-2H3. The zero-order valence-corrected chi connectivity index (χ0v) is 10.3. The number of hydrogen-bond acceptors (Lipinski definition) is 0. The first kappa shape index (κ1) is 11.4. The second-order valence-corrected chi connectivity index (χ2v) is 4.17. The molecular formula is C17H16. The van der Waals surface area contributed by atoms with Crippen molar-refractivity contribution in [2.24, 2.45) is 0 Å². The molecule has 84 valence electrons. The first-order valence-electron chi connectivity index (χ1n) is 5.81. The van der Waals surface area contributed by atoms with Crippen molar-refractivity contribution in [2.75, 3.05) is 0 Å². The van der Waals surface area contributed by atoms with Gasteiger partial charge in [-0.3, -0.25) is 0 Å². The quantitative estimate of drug-likeness (QED) is 0.647. The Hall–Kier alpha value is -2.04. The molecule has 0 aliphatic carbocycles. The van der Waals surface area contributed by atoms with Crippen LogP contribution in [0.5, 0.6) is 0 Å². The molecule has 0 heterocycles. The van der Waals surface area contributed by atoms with E-state index in [2.05, 4.69) is 56.0 Å². The van der Waals surface area contributed by atoms with Crippen molar-refractivity contribution >= 4 is 12.2 Å². The molecule has 0 aliphatic heterocycles. The topological polar surface area (TPSA) is 0 Å². The smallest absolute Gasteiger partial charge is 0.0124 e. The van der Waals surface area contributed by atoms with E-state index in [0.717, 1.165) is 0 Å². The van der Waals surface area contributed by atoms with Crippen LogP contribution >= 0.6 is 0 Å². The van der Waals surface area contributed by atoms with Crippen molar-refractivity contribution in [3.05, 3.63) is 76.5 Å².